The Labute approximate surface area is 113 Å². The number of hydrogen-bond acceptors (Lipinski definition) is 5. The van der Waals surface area contributed by atoms with E-state index in [0.717, 1.165) is 31.9 Å². The van der Waals surface area contributed by atoms with E-state index in [1.54, 1.807) is 6.07 Å². The van der Waals surface area contributed by atoms with Crippen LogP contribution in [0.3, 0.4) is 0 Å². The van der Waals surface area contributed by atoms with Crippen molar-refractivity contribution in [2.75, 3.05) is 26.7 Å². The number of hydrogen-bond donors (Lipinski definition) is 1. The third kappa shape index (κ3) is 3.73. The Morgan fingerprint density at radius 3 is 3.06 bits per heavy atom. The molecule has 0 aromatic carbocycles. The molecule has 1 aliphatic heterocycles. The van der Waals surface area contributed by atoms with Crippen LogP contribution in [0.2, 0.25) is 0 Å². The Bertz CT molecular complexity index is 394. The summed E-state index contributed by atoms with van der Waals surface area (Å²) in [6.45, 7) is 5.88. The fourth-order valence-electron chi connectivity index (χ4n) is 2.05. The number of nitrogens with zero attached hydrogens (tertiary/aromatic N) is 1. The van der Waals surface area contributed by atoms with Crippen LogP contribution in [0.4, 0.5) is 0 Å². The summed E-state index contributed by atoms with van der Waals surface area (Å²) in [6.07, 6.45) is 0. The Balaban J connectivity index is 0.00000162. The highest BCUT2D eigenvalue weighted by atomic mass is 35.5. The molecule has 18 heavy (non-hydrogen) atoms. The zero-order valence-electron chi connectivity index (χ0n) is 10.6. The number of halogens is 1. The van der Waals surface area contributed by atoms with Crippen molar-refractivity contribution in [2.45, 2.75) is 19.5 Å². The Morgan fingerprint density at radius 1 is 1.61 bits per heavy atom. The van der Waals surface area contributed by atoms with E-state index in [1.165, 1.54) is 7.11 Å². The lowest BCUT2D eigenvalue weighted by atomic mass is 10.2. The summed E-state index contributed by atoms with van der Waals surface area (Å²) in [6, 6.07) is 3.99. The van der Waals surface area contributed by atoms with Gasteiger partial charge < -0.3 is 14.5 Å². The third-order valence-electron chi connectivity index (χ3n) is 2.88. The molecular formula is C12H19ClN2O3. The van der Waals surface area contributed by atoms with Crippen molar-refractivity contribution in [2.24, 2.45) is 0 Å². The zero-order valence-corrected chi connectivity index (χ0v) is 11.5. The molecule has 0 amide bonds. The molecule has 0 spiro atoms. The summed E-state index contributed by atoms with van der Waals surface area (Å²) in [5, 5.41) is 3.38. The molecule has 0 bridgehead atoms. The number of esters is 1. The van der Waals surface area contributed by atoms with E-state index in [2.05, 4.69) is 21.9 Å². The van der Waals surface area contributed by atoms with E-state index in [9.17, 15) is 4.79 Å². The van der Waals surface area contributed by atoms with Crippen molar-refractivity contribution in [3.63, 3.8) is 0 Å². The van der Waals surface area contributed by atoms with Gasteiger partial charge in [-0.25, -0.2) is 4.79 Å². The topological polar surface area (TPSA) is 54.7 Å². The zero-order chi connectivity index (χ0) is 12.3. The maximum atomic E-state index is 11.2. The third-order valence-corrected chi connectivity index (χ3v) is 2.88. The van der Waals surface area contributed by atoms with Gasteiger partial charge in [0.25, 0.3) is 0 Å². The van der Waals surface area contributed by atoms with Crippen molar-refractivity contribution >= 4 is 18.4 Å². The van der Waals surface area contributed by atoms with Gasteiger partial charge in [-0.1, -0.05) is 0 Å². The van der Waals surface area contributed by atoms with E-state index in [-0.39, 0.29) is 18.2 Å². The van der Waals surface area contributed by atoms with Crippen molar-refractivity contribution in [3.8, 4) is 0 Å². The number of piperazine rings is 1. The van der Waals surface area contributed by atoms with Gasteiger partial charge in [-0.3, -0.25) is 4.90 Å². The molecule has 1 fully saturated rings. The minimum absolute atomic E-state index is 0. The van der Waals surface area contributed by atoms with E-state index in [4.69, 9.17) is 4.42 Å². The van der Waals surface area contributed by atoms with Crippen LogP contribution in [0.25, 0.3) is 0 Å². The van der Waals surface area contributed by atoms with E-state index in [1.807, 2.05) is 6.07 Å². The van der Waals surface area contributed by atoms with E-state index in [0.29, 0.717) is 6.04 Å². The molecule has 6 heteroatoms. The van der Waals surface area contributed by atoms with Gasteiger partial charge in [0.2, 0.25) is 5.76 Å². The molecule has 1 atom stereocenters. The van der Waals surface area contributed by atoms with Gasteiger partial charge in [-0.15, -0.1) is 12.4 Å². The van der Waals surface area contributed by atoms with E-state index < -0.39 is 5.97 Å². The van der Waals surface area contributed by atoms with Gasteiger partial charge >= 0.3 is 5.97 Å². The lowest BCUT2D eigenvalue weighted by Gasteiger charge is -2.31. The van der Waals surface area contributed by atoms with Gasteiger partial charge in [0.15, 0.2) is 0 Å². The van der Waals surface area contributed by atoms with Crippen molar-refractivity contribution in [3.05, 3.63) is 23.7 Å². The molecule has 2 heterocycles. The first-order valence-corrected chi connectivity index (χ1v) is 5.82. The van der Waals surface area contributed by atoms with Gasteiger partial charge in [0, 0.05) is 25.7 Å². The molecule has 0 saturated carbocycles. The number of carbonyl (C=O) groups is 1. The average Bonchev–Trinajstić information content (AvgIpc) is 2.76. The summed E-state index contributed by atoms with van der Waals surface area (Å²) in [7, 11) is 1.35. The van der Waals surface area contributed by atoms with Crippen LogP contribution in [-0.4, -0.2) is 43.7 Å². The maximum absolute atomic E-state index is 11.2. The fourth-order valence-corrected chi connectivity index (χ4v) is 2.05. The van der Waals surface area contributed by atoms with Crippen molar-refractivity contribution < 1.29 is 13.9 Å². The highest BCUT2D eigenvalue weighted by molar-refractivity contribution is 5.86. The summed E-state index contributed by atoms with van der Waals surface area (Å²) < 4.78 is 10.0. The molecule has 1 aromatic heterocycles. The van der Waals surface area contributed by atoms with Crippen LogP contribution in [0.1, 0.15) is 23.2 Å². The van der Waals surface area contributed by atoms with Crippen LogP contribution >= 0.6 is 12.4 Å². The highest BCUT2D eigenvalue weighted by Crippen LogP contribution is 2.12. The predicted molar refractivity (Wildman–Crippen MR) is 70.0 cm³/mol. The molecular weight excluding hydrogens is 256 g/mol. The number of methoxy groups -OCH3 is 1. The SMILES string of the molecule is COC(=O)c1ccc(CN2CCN[C@H](C)C2)o1.Cl. The monoisotopic (exact) mass is 274 g/mol. The molecule has 0 radical (unpaired) electrons. The first-order valence-electron chi connectivity index (χ1n) is 5.82. The Morgan fingerprint density at radius 2 is 2.39 bits per heavy atom. The van der Waals surface area contributed by atoms with Crippen LogP contribution in [0.15, 0.2) is 16.5 Å². The lowest BCUT2D eigenvalue weighted by molar-refractivity contribution is 0.0560. The van der Waals surface area contributed by atoms with Crippen molar-refractivity contribution in [1.29, 1.82) is 0 Å². The number of rotatable bonds is 3. The molecule has 102 valence electrons. The summed E-state index contributed by atoms with van der Waals surface area (Å²) >= 11 is 0. The van der Waals surface area contributed by atoms with Gasteiger partial charge in [-0.2, -0.15) is 0 Å². The van der Waals surface area contributed by atoms with Crippen LogP contribution < -0.4 is 5.32 Å². The number of carbonyl (C=O) groups excluding carboxylic acids is 1. The second-order valence-electron chi connectivity index (χ2n) is 4.35. The molecule has 0 aliphatic carbocycles. The van der Waals surface area contributed by atoms with Gasteiger partial charge in [0.05, 0.1) is 13.7 Å². The molecule has 0 unspecified atom stereocenters. The minimum atomic E-state index is -0.426. The summed E-state index contributed by atoms with van der Waals surface area (Å²) in [5.74, 6) is 0.648. The summed E-state index contributed by atoms with van der Waals surface area (Å²) in [4.78, 5) is 13.5. The predicted octanol–water partition coefficient (Wildman–Crippen LogP) is 1.28. The molecule has 1 aromatic rings. The average molecular weight is 275 g/mol. The molecule has 1 N–H and O–H groups in total. The minimum Gasteiger partial charge on any atom is -0.463 e. The second kappa shape index (κ2) is 6.78. The van der Waals surface area contributed by atoms with Gasteiger partial charge in [-0.05, 0) is 19.1 Å². The summed E-state index contributed by atoms with van der Waals surface area (Å²) in [5.41, 5.74) is 0. The van der Waals surface area contributed by atoms with Crippen LogP contribution in [0, 0.1) is 0 Å². The van der Waals surface area contributed by atoms with Gasteiger partial charge in [0.1, 0.15) is 5.76 Å². The number of ether oxygens (including phenoxy) is 1. The second-order valence-corrected chi connectivity index (χ2v) is 4.35. The normalized spacial score (nSPS) is 20.2. The van der Waals surface area contributed by atoms with Crippen LogP contribution in [-0.2, 0) is 11.3 Å². The van der Waals surface area contributed by atoms with Crippen LogP contribution in [0.5, 0.6) is 0 Å². The Hall–Kier alpha value is -1.04. The van der Waals surface area contributed by atoms with E-state index >= 15 is 0 Å². The Kier molecular flexibility index (Phi) is 5.65. The molecule has 1 aliphatic rings. The molecule has 5 nitrogen and oxygen atoms in total. The van der Waals surface area contributed by atoms with Crippen molar-refractivity contribution in [1.82, 2.24) is 10.2 Å². The first-order chi connectivity index (χ1) is 8.19. The molecule has 2 rings (SSSR count). The highest BCUT2D eigenvalue weighted by Gasteiger charge is 2.18. The fraction of sp³-hybridized carbons (Fsp3) is 0.583. The smallest absolute Gasteiger partial charge is 0.373 e. The largest absolute Gasteiger partial charge is 0.463 e. The molecule has 1 saturated heterocycles. The number of furan rings is 1. The lowest BCUT2D eigenvalue weighted by Crippen LogP contribution is -2.48. The first kappa shape index (κ1) is 15.0. The maximum Gasteiger partial charge on any atom is 0.373 e. The quantitative estimate of drug-likeness (QED) is 0.842. The standard InChI is InChI=1S/C12H18N2O3.ClH/c1-9-7-14(6-5-13-9)8-10-3-4-11(17-10)12(15)16-2;/h3-4,9,13H,5-8H2,1-2H3;1H/t9-;/m1./s1. The number of nitrogens with one attached hydrogen (secondary N) is 1.